The van der Waals surface area contributed by atoms with Gasteiger partial charge in [0.15, 0.2) is 5.96 Å². The number of aliphatic imine (C=N–C) groups is 1. The van der Waals surface area contributed by atoms with Gasteiger partial charge in [-0.05, 0) is 51.2 Å². The average Bonchev–Trinajstić information content (AvgIpc) is 2.75. The average molecular weight is 543 g/mol. The van der Waals surface area contributed by atoms with Gasteiger partial charge in [0.25, 0.3) is 0 Å². The van der Waals surface area contributed by atoms with Crippen LogP contribution in [0.4, 0.5) is 14.5 Å². The summed E-state index contributed by atoms with van der Waals surface area (Å²) in [5.41, 5.74) is 1.32. The van der Waals surface area contributed by atoms with E-state index in [4.69, 9.17) is 0 Å². The fourth-order valence-corrected chi connectivity index (χ4v) is 3.87. The van der Waals surface area contributed by atoms with E-state index in [0.29, 0.717) is 18.5 Å². The van der Waals surface area contributed by atoms with Crippen LogP contribution in [-0.2, 0) is 0 Å². The molecular formula is C23H32F2IN5. The lowest BCUT2D eigenvalue weighted by Gasteiger charge is -2.35. The minimum atomic E-state index is -0.535. The van der Waals surface area contributed by atoms with Crippen molar-refractivity contribution in [2.75, 3.05) is 45.7 Å². The molecule has 0 bridgehead atoms. The molecule has 1 aliphatic rings. The van der Waals surface area contributed by atoms with E-state index in [2.05, 4.69) is 44.8 Å². The molecule has 1 unspecified atom stereocenters. The highest BCUT2D eigenvalue weighted by Gasteiger charge is 2.24. The van der Waals surface area contributed by atoms with E-state index >= 15 is 0 Å². The summed E-state index contributed by atoms with van der Waals surface area (Å²) >= 11 is 0. The van der Waals surface area contributed by atoms with Crippen LogP contribution in [0.3, 0.4) is 0 Å². The van der Waals surface area contributed by atoms with Crippen molar-refractivity contribution >= 4 is 35.6 Å². The van der Waals surface area contributed by atoms with Gasteiger partial charge in [0, 0.05) is 44.0 Å². The first kappa shape index (κ1) is 25.3. The number of rotatable bonds is 6. The third-order valence-electron chi connectivity index (χ3n) is 5.60. The van der Waals surface area contributed by atoms with Crippen molar-refractivity contribution < 1.29 is 8.78 Å². The number of hydrogen-bond acceptors (Lipinski definition) is 3. The van der Waals surface area contributed by atoms with Gasteiger partial charge >= 0.3 is 0 Å². The summed E-state index contributed by atoms with van der Waals surface area (Å²) in [5, 5.41) is 6.70. The lowest BCUT2D eigenvalue weighted by atomic mass is 10.0. The largest absolute Gasteiger partial charge is 0.371 e. The minimum Gasteiger partial charge on any atom is -0.371 e. The van der Waals surface area contributed by atoms with Crippen LogP contribution >= 0.6 is 24.0 Å². The normalized spacial score (nSPS) is 16.1. The van der Waals surface area contributed by atoms with Gasteiger partial charge in [-0.15, -0.1) is 24.0 Å². The quantitative estimate of drug-likeness (QED) is 0.328. The van der Waals surface area contributed by atoms with Crippen LogP contribution in [0.15, 0.2) is 53.5 Å². The number of halogens is 3. The number of hydrogen-bond donors (Lipinski definition) is 2. The van der Waals surface area contributed by atoms with Crippen LogP contribution < -0.4 is 15.5 Å². The van der Waals surface area contributed by atoms with Gasteiger partial charge in [0.2, 0.25) is 0 Å². The molecule has 0 radical (unpaired) electrons. The molecule has 0 amide bonds. The number of piperidine rings is 1. The van der Waals surface area contributed by atoms with Crippen LogP contribution in [0.1, 0.15) is 24.4 Å². The predicted octanol–water partition coefficient (Wildman–Crippen LogP) is 4.02. The van der Waals surface area contributed by atoms with E-state index in [9.17, 15) is 8.78 Å². The lowest BCUT2D eigenvalue weighted by Crippen LogP contribution is -2.50. The third-order valence-corrected chi connectivity index (χ3v) is 5.60. The zero-order valence-corrected chi connectivity index (χ0v) is 20.6. The first-order valence-electron chi connectivity index (χ1n) is 10.4. The predicted molar refractivity (Wildman–Crippen MR) is 134 cm³/mol. The van der Waals surface area contributed by atoms with E-state index in [1.54, 1.807) is 11.9 Å². The topological polar surface area (TPSA) is 42.9 Å². The lowest BCUT2D eigenvalue weighted by molar-refractivity contribution is 0.282. The molecule has 1 aliphatic heterocycles. The van der Waals surface area contributed by atoms with Crippen molar-refractivity contribution in [3.63, 3.8) is 0 Å². The first-order valence-corrected chi connectivity index (χ1v) is 10.4. The Morgan fingerprint density at radius 2 is 1.68 bits per heavy atom. The van der Waals surface area contributed by atoms with Crippen LogP contribution in [-0.4, -0.2) is 57.7 Å². The molecule has 0 spiro atoms. The van der Waals surface area contributed by atoms with Gasteiger partial charge in [0.1, 0.15) is 11.6 Å². The highest BCUT2D eigenvalue weighted by molar-refractivity contribution is 14.0. The van der Waals surface area contributed by atoms with E-state index in [0.717, 1.165) is 25.9 Å². The maximum absolute atomic E-state index is 14.3. The van der Waals surface area contributed by atoms with E-state index < -0.39 is 17.7 Å². The Bertz CT molecular complexity index is 819. The number of anilines is 1. The zero-order valence-electron chi connectivity index (χ0n) is 18.3. The molecule has 0 aromatic heterocycles. The molecule has 1 saturated heterocycles. The highest BCUT2D eigenvalue weighted by Crippen LogP contribution is 2.24. The number of benzene rings is 2. The molecule has 2 aromatic carbocycles. The fraction of sp³-hybridized carbons (Fsp3) is 0.435. The Morgan fingerprint density at radius 1 is 1.06 bits per heavy atom. The molecule has 1 atom stereocenters. The second-order valence-corrected chi connectivity index (χ2v) is 7.81. The van der Waals surface area contributed by atoms with Crippen LogP contribution in [0.5, 0.6) is 0 Å². The Balaban J connectivity index is 0.00000341. The number of likely N-dealkylation sites (N-methyl/N-ethyl adjacent to an activating group) is 1. The molecule has 2 N–H and O–H groups in total. The van der Waals surface area contributed by atoms with E-state index in [-0.39, 0.29) is 29.5 Å². The molecular weight excluding hydrogens is 511 g/mol. The zero-order chi connectivity index (χ0) is 21.5. The van der Waals surface area contributed by atoms with Crippen molar-refractivity contribution in [3.05, 3.63) is 65.7 Å². The third kappa shape index (κ3) is 6.77. The van der Waals surface area contributed by atoms with Crippen molar-refractivity contribution in [1.29, 1.82) is 0 Å². The summed E-state index contributed by atoms with van der Waals surface area (Å²) in [6.45, 7) is 2.28. The Hall–Kier alpha value is -1.94. The minimum absolute atomic E-state index is 0. The van der Waals surface area contributed by atoms with E-state index in [1.165, 1.54) is 23.9 Å². The smallest absolute Gasteiger partial charge is 0.191 e. The summed E-state index contributed by atoms with van der Waals surface area (Å²) in [5.74, 6) is -0.421. The number of nitrogens with one attached hydrogen (secondary N) is 2. The monoisotopic (exact) mass is 543 g/mol. The Labute approximate surface area is 200 Å². The number of para-hydroxylation sites is 1. The molecule has 1 heterocycles. The van der Waals surface area contributed by atoms with Crippen molar-refractivity contribution in [2.24, 2.45) is 4.99 Å². The number of nitrogens with zero attached hydrogens (tertiary/aromatic N) is 3. The summed E-state index contributed by atoms with van der Waals surface area (Å²) < 4.78 is 28.5. The van der Waals surface area contributed by atoms with Crippen LogP contribution in [0.25, 0.3) is 0 Å². The maximum atomic E-state index is 14.3. The maximum Gasteiger partial charge on any atom is 0.191 e. The SMILES string of the molecule is CN=C(NCC(c1c(F)cccc1F)N(C)C)NC1CCN(c2ccccc2)CC1.I. The van der Waals surface area contributed by atoms with Gasteiger partial charge in [0.05, 0.1) is 6.04 Å². The molecule has 3 rings (SSSR count). The summed E-state index contributed by atoms with van der Waals surface area (Å²) in [4.78, 5) is 8.50. The van der Waals surface area contributed by atoms with Crippen molar-refractivity contribution in [1.82, 2.24) is 15.5 Å². The molecule has 31 heavy (non-hydrogen) atoms. The molecule has 170 valence electrons. The van der Waals surface area contributed by atoms with Gasteiger partial charge in [-0.2, -0.15) is 0 Å². The molecule has 0 aliphatic carbocycles. The molecule has 8 heteroatoms. The molecule has 0 saturated carbocycles. The van der Waals surface area contributed by atoms with Gasteiger partial charge in [-0.3, -0.25) is 4.99 Å². The van der Waals surface area contributed by atoms with Crippen LogP contribution in [0.2, 0.25) is 0 Å². The highest BCUT2D eigenvalue weighted by atomic mass is 127. The molecule has 1 fully saturated rings. The second-order valence-electron chi connectivity index (χ2n) is 7.81. The summed E-state index contributed by atoms with van der Waals surface area (Å²) in [6, 6.07) is 14.2. The van der Waals surface area contributed by atoms with Crippen LogP contribution in [0, 0.1) is 11.6 Å². The summed E-state index contributed by atoms with van der Waals surface area (Å²) in [6.07, 6.45) is 1.99. The van der Waals surface area contributed by atoms with Gasteiger partial charge < -0.3 is 20.4 Å². The first-order chi connectivity index (χ1) is 14.5. The van der Waals surface area contributed by atoms with Crippen molar-refractivity contribution in [2.45, 2.75) is 24.9 Å². The van der Waals surface area contributed by atoms with E-state index in [1.807, 2.05) is 20.2 Å². The van der Waals surface area contributed by atoms with Crippen molar-refractivity contribution in [3.8, 4) is 0 Å². The molecule has 5 nitrogen and oxygen atoms in total. The summed E-state index contributed by atoms with van der Waals surface area (Å²) in [7, 11) is 5.34. The standard InChI is InChI=1S/C23H31F2N5.HI/c1-26-23(27-16-21(29(2)3)22-19(24)10-7-11-20(22)25)28-17-12-14-30(15-13-17)18-8-5-4-6-9-18;/h4-11,17,21H,12-16H2,1-3H3,(H2,26,27,28);1H. The van der Waals surface area contributed by atoms with Gasteiger partial charge in [-0.25, -0.2) is 8.78 Å². The fourth-order valence-electron chi connectivity index (χ4n) is 3.87. The Kier molecular flexibility index (Phi) is 9.95. The molecule has 2 aromatic rings. The second kappa shape index (κ2) is 12.2. The van der Waals surface area contributed by atoms with Gasteiger partial charge in [-0.1, -0.05) is 24.3 Å². The Morgan fingerprint density at radius 3 is 2.23 bits per heavy atom. The number of guanidine groups is 1.